The van der Waals surface area contributed by atoms with E-state index in [2.05, 4.69) is 37.3 Å². The average molecular weight is 392 g/mol. The number of piperidine rings is 1. The number of nitrogens with zero attached hydrogens (tertiary/aromatic N) is 1. The number of carbonyl (C=O) groups is 2. The normalized spacial score (nSPS) is 16.1. The predicted molar refractivity (Wildman–Crippen MR) is 113 cm³/mol. The lowest BCUT2D eigenvalue weighted by Crippen LogP contribution is -2.47. The molecule has 158 valence electrons. The SMILES string of the molecule is CCCCCCCCCc1ccccc1.CN1CCC(C(=O)O)(C(=O)O)CC1. The van der Waals surface area contributed by atoms with Gasteiger partial charge in [-0.05, 0) is 51.4 Å². The minimum atomic E-state index is -1.55. The van der Waals surface area contributed by atoms with Crippen molar-refractivity contribution in [2.45, 2.75) is 71.1 Å². The molecule has 0 unspecified atom stereocenters. The van der Waals surface area contributed by atoms with E-state index < -0.39 is 17.4 Å². The summed E-state index contributed by atoms with van der Waals surface area (Å²) in [7, 11) is 1.85. The molecule has 1 aromatic rings. The number of hydrogen-bond donors (Lipinski definition) is 2. The molecule has 28 heavy (non-hydrogen) atoms. The number of rotatable bonds is 10. The molecular formula is C23H37NO4. The topological polar surface area (TPSA) is 77.8 Å². The van der Waals surface area contributed by atoms with Crippen molar-refractivity contribution in [2.75, 3.05) is 20.1 Å². The Balaban J connectivity index is 0.000000283. The van der Waals surface area contributed by atoms with Crippen LogP contribution in [0.4, 0.5) is 0 Å². The Kier molecular flexibility index (Phi) is 11.5. The van der Waals surface area contributed by atoms with Crippen molar-refractivity contribution >= 4 is 11.9 Å². The number of likely N-dealkylation sites (tertiary alicyclic amines) is 1. The number of unbranched alkanes of at least 4 members (excludes halogenated alkanes) is 6. The van der Waals surface area contributed by atoms with Crippen molar-refractivity contribution in [3.63, 3.8) is 0 Å². The van der Waals surface area contributed by atoms with Crippen molar-refractivity contribution in [2.24, 2.45) is 5.41 Å². The first-order chi connectivity index (χ1) is 13.4. The van der Waals surface area contributed by atoms with E-state index in [1.807, 2.05) is 11.9 Å². The molecule has 0 amide bonds. The molecule has 1 aromatic carbocycles. The van der Waals surface area contributed by atoms with Gasteiger partial charge >= 0.3 is 11.9 Å². The van der Waals surface area contributed by atoms with E-state index >= 15 is 0 Å². The second-order valence-corrected chi connectivity index (χ2v) is 7.85. The van der Waals surface area contributed by atoms with Crippen LogP contribution in [0.1, 0.15) is 70.3 Å². The van der Waals surface area contributed by atoms with Gasteiger partial charge in [0.05, 0.1) is 0 Å². The van der Waals surface area contributed by atoms with E-state index in [0.29, 0.717) is 13.1 Å². The first-order valence-corrected chi connectivity index (χ1v) is 10.6. The van der Waals surface area contributed by atoms with Gasteiger partial charge in [-0.15, -0.1) is 0 Å². The number of carboxylic acids is 2. The highest BCUT2D eigenvalue weighted by molar-refractivity contribution is 5.98. The van der Waals surface area contributed by atoms with Crippen molar-refractivity contribution in [3.8, 4) is 0 Å². The number of aliphatic carboxylic acids is 2. The average Bonchev–Trinajstić information content (AvgIpc) is 2.69. The lowest BCUT2D eigenvalue weighted by atomic mass is 9.78. The molecule has 1 saturated heterocycles. The van der Waals surface area contributed by atoms with E-state index in [0.717, 1.165) is 0 Å². The van der Waals surface area contributed by atoms with Gasteiger partial charge in [0.2, 0.25) is 0 Å². The standard InChI is InChI=1S/C15H24.C8H13NO4/c1-2-3-4-5-6-7-9-12-15-13-10-8-11-14-15;1-9-4-2-8(3-5-9,6(10)11)7(12)13/h8,10-11,13-14H,2-7,9,12H2,1H3;2-5H2,1H3,(H,10,11)(H,12,13). The first kappa shape index (κ1) is 24.2. The second kappa shape index (κ2) is 13.3. The molecule has 0 spiro atoms. The maximum Gasteiger partial charge on any atom is 0.321 e. The van der Waals surface area contributed by atoms with E-state index in [-0.39, 0.29) is 12.8 Å². The Labute approximate surface area is 169 Å². The van der Waals surface area contributed by atoms with Gasteiger partial charge in [0, 0.05) is 0 Å². The summed E-state index contributed by atoms with van der Waals surface area (Å²) >= 11 is 0. The number of carboxylic acid groups (broad SMARTS) is 2. The van der Waals surface area contributed by atoms with Gasteiger partial charge in [-0.2, -0.15) is 0 Å². The van der Waals surface area contributed by atoms with E-state index in [1.165, 1.54) is 56.9 Å². The molecule has 0 bridgehead atoms. The van der Waals surface area contributed by atoms with Crippen LogP contribution < -0.4 is 0 Å². The molecule has 0 atom stereocenters. The minimum absolute atomic E-state index is 0.189. The monoisotopic (exact) mass is 391 g/mol. The largest absolute Gasteiger partial charge is 0.480 e. The van der Waals surface area contributed by atoms with Crippen LogP contribution in [0, 0.1) is 5.41 Å². The van der Waals surface area contributed by atoms with Gasteiger partial charge in [0.15, 0.2) is 5.41 Å². The fourth-order valence-electron chi connectivity index (χ4n) is 3.45. The van der Waals surface area contributed by atoms with Crippen molar-refractivity contribution < 1.29 is 19.8 Å². The van der Waals surface area contributed by atoms with E-state index in [1.54, 1.807) is 0 Å². The number of hydrogen-bond acceptors (Lipinski definition) is 3. The Morgan fingerprint density at radius 1 is 0.893 bits per heavy atom. The van der Waals surface area contributed by atoms with Crippen LogP contribution in [-0.4, -0.2) is 47.2 Å². The third kappa shape index (κ3) is 8.42. The molecule has 2 N–H and O–H groups in total. The zero-order chi connectivity index (χ0) is 20.8. The zero-order valence-electron chi connectivity index (χ0n) is 17.5. The maximum absolute atomic E-state index is 10.8. The molecular weight excluding hydrogens is 354 g/mol. The summed E-state index contributed by atoms with van der Waals surface area (Å²) in [6.07, 6.45) is 11.5. The Bertz CT molecular complexity index is 549. The van der Waals surface area contributed by atoms with Crippen LogP contribution in [0.2, 0.25) is 0 Å². The molecule has 5 nitrogen and oxygen atoms in total. The third-order valence-corrected chi connectivity index (χ3v) is 5.57. The van der Waals surface area contributed by atoms with Crippen LogP contribution in [0.3, 0.4) is 0 Å². The summed E-state index contributed by atoms with van der Waals surface area (Å²) in [6, 6.07) is 10.8. The zero-order valence-corrected chi connectivity index (χ0v) is 17.5. The maximum atomic E-state index is 10.8. The molecule has 1 heterocycles. The molecule has 5 heteroatoms. The van der Waals surface area contributed by atoms with Crippen LogP contribution in [0.5, 0.6) is 0 Å². The quantitative estimate of drug-likeness (QED) is 0.440. The predicted octanol–water partition coefficient (Wildman–Crippen LogP) is 4.85. The van der Waals surface area contributed by atoms with Crippen LogP contribution >= 0.6 is 0 Å². The van der Waals surface area contributed by atoms with Crippen molar-refractivity contribution in [1.29, 1.82) is 0 Å². The van der Waals surface area contributed by atoms with E-state index in [4.69, 9.17) is 10.2 Å². The highest BCUT2D eigenvalue weighted by atomic mass is 16.4. The molecule has 0 saturated carbocycles. The molecule has 1 fully saturated rings. The van der Waals surface area contributed by atoms with Gasteiger partial charge < -0.3 is 15.1 Å². The van der Waals surface area contributed by atoms with Crippen LogP contribution in [0.15, 0.2) is 30.3 Å². The Hall–Kier alpha value is -1.88. The first-order valence-electron chi connectivity index (χ1n) is 10.6. The third-order valence-electron chi connectivity index (χ3n) is 5.57. The summed E-state index contributed by atoms with van der Waals surface area (Å²) in [6.45, 7) is 3.33. The molecule has 1 aliphatic rings. The highest BCUT2D eigenvalue weighted by Gasteiger charge is 2.47. The summed E-state index contributed by atoms with van der Waals surface area (Å²) in [5.74, 6) is -2.43. The smallest absolute Gasteiger partial charge is 0.321 e. The Morgan fingerprint density at radius 2 is 1.39 bits per heavy atom. The molecule has 0 aromatic heterocycles. The van der Waals surface area contributed by atoms with Crippen molar-refractivity contribution in [1.82, 2.24) is 4.90 Å². The Morgan fingerprint density at radius 3 is 1.89 bits per heavy atom. The molecule has 0 aliphatic carbocycles. The minimum Gasteiger partial charge on any atom is -0.480 e. The van der Waals surface area contributed by atoms with Gasteiger partial charge in [-0.25, -0.2) is 0 Å². The molecule has 1 aliphatic heterocycles. The van der Waals surface area contributed by atoms with Gasteiger partial charge in [-0.1, -0.05) is 75.8 Å². The van der Waals surface area contributed by atoms with Gasteiger partial charge in [-0.3, -0.25) is 9.59 Å². The highest BCUT2D eigenvalue weighted by Crippen LogP contribution is 2.31. The fourth-order valence-corrected chi connectivity index (χ4v) is 3.45. The number of benzene rings is 1. The summed E-state index contributed by atoms with van der Waals surface area (Å²) in [5, 5.41) is 17.7. The lowest BCUT2D eigenvalue weighted by molar-refractivity contribution is -0.168. The summed E-state index contributed by atoms with van der Waals surface area (Å²) < 4.78 is 0. The summed E-state index contributed by atoms with van der Waals surface area (Å²) in [5.41, 5.74) is -0.0574. The molecule has 2 rings (SSSR count). The van der Waals surface area contributed by atoms with Crippen LogP contribution in [-0.2, 0) is 16.0 Å². The number of aryl methyl sites for hydroxylation is 1. The van der Waals surface area contributed by atoms with Gasteiger partial charge in [0.1, 0.15) is 0 Å². The fraction of sp³-hybridized carbons (Fsp3) is 0.652. The van der Waals surface area contributed by atoms with Gasteiger partial charge in [0.25, 0.3) is 0 Å². The summed E-state index contributed by atoms with van der Waals surface area (Å²) in [4.78, 5) is 23.6. The van der Waals surface area contributed by atoms with Crippen LogP contribution in [0.25, 0.3) is 0 Å². The van der Waals surface area contributed by atoms with E-state index in [9.17, 15) is 9.59 Å². The second-order valence-electron chi connectivity index (χ2n) is 7.85. The lowest BCUT2D eigenvalue weighted by Gasteiger charge is -2.33. The molecule has 0 radical (unpaired) electrons. The van der Waals surface area contributed by atoms with Crippen molar-refractivity contribution in [3.05, 3.63) is 35.9 Å².